The average molecular weight is 368 g/mol. The number of carbonyl (C=O) groups is 2. The van der Waals surface area contributed by atoms with Crippen LogP contribution in [0.3, 0.4) is 0 Å². The van der Waals surface area contributed by atoms with Gasteiger partial charge in [-0.15, -0.1) is 0 Å². The Labute approximate surface area is 158 Å². The topological polar surface area (TPSA) is 67.7 Å². The lowest BCUT2D eigenvalue weighted by Crippen LogP contribution is -2.67. The van der Waals surface area contributed by atoms with E-state index in [0.717, 1.165) is 11.3 Å². The number of benzene rings is 1. The third-order valence-corrected chi connectivity index (χ3v) is 5.95. The second-order valence-electron chi connectivity index (χ2n) is 7.33. The molecule has 7 heteroatoms. The molecule has 4 rings (SSSR count). The molecule has 27 heavy (non-hydrogen) atoms. The minimum Gasteiger partial charge on any atom is -0.364 e. The van der Waals surface area contributed by atoms with Gasteiger partial charge in [0.1, 0.15) is 18.4 Å². The average Bonchev–Trinajstić information content (AvgIpc) is 3.03. The Balaban J connectivity index is 1.68. The lowest BCUT2D eigenvalue weighted by atomic mass is 9.76. The molecule has 1 aromatic heterocycles. The van der Waals surface area contributed by atoms with Gasteiger partial charge in [-0.05, 0) is 18.9 Å². The van der Waals surface area contributed by atoms with Crippen molar-refractivity contribution in [3.63, 3.8) is 0 Å². The smallest absolute Gasteiger partial charge is 0.272 e. The van der Waals surface area contributed by atoms with Crippen LogP contribution in [0.5, 0.6) is 0 Å². The quantitative estimate of drug-likeness (QED) is 0.802. The molecule has 0 radical (unpaired) electrons. The number of hydrogen-bond acceptors (Lipinski definition) is 4. The maximum atomic E-state index is 13.1. The van der Waals surface area contributed by atoms with Crippen LogP contribution in [-0.4, -0.2) is 64.0 Å². The van der Waals surface area contributed by atoms with Crippen LogP contribution in [0.4, 0.5) is 0 Å². The predicted octanol–water partition coefficient (Wildman–Crippen LogP) is 1.33. The first kappa shape index (κ1) is 17.7. The van der Waals surface area contributed by atoms with Crippen molar-refractivity contribution in [2.24, 2.45) is 7.05 Å². The van der Waals surface area contributed by atoms with E-state index in [1.807, 2.05) is 61.2 Å². The molecular weight excluding hydrogens is 344 g/mol. The molecule has 0 spiro atoms. The number of piperidine rings is 1. The highest BCUT2D eigenvalue weighted by Crippen LogP contribution is 2.42. The number of imidazole rings is 1. The second-order valence-corrected chi connectivity index (χ2v) is 7.33. The number of nitrogens with zero attached hydrogens (tertiary/aromatic N) is 4. The number of hydrogen-bond donors (Lipinski definition) is 0. The highest BCUT2D eigenvalue weighted by atomic mass is 16.5. The van der Waals surface area contributed by atoms with Gasteiger partial charge in [0.2, 0.25) is 5.91 Å². The fraction of sp³-hybridized carbons (Fsp3) is 0.450. The molecular formula is C20H24N4O3. The molecule has 2 amide bonds. The lowest BCUT2D eigenvalue weighted by molar-refractivity contribution is -0.180. The Bertz CT molecular complexity index is 859. The number of carbonyl (C=O) groups excluding carboxylic acids is 2. The number of likely N-dealkylation sites (tertiary alicyclic amines) is 1. The summed E-state index contributed by atoms with van der Waals surface area (Å²) in [6.07, 6.45) is 2.02. The van der Waals surface area contributed by atoms with Crippen LogP contribution in [0.1, 0.15) is 28.2 Å². The molecule has 2 atom stereocenters. The minimum atomic E-state index is -0.547. The molecule has 7 nitrogen and oxygen atoms in total. The molecule has 0 aliphatic carbocycles. The van der Waals surface area contributed by atoms with E-state index in [1.54, 1.807) is 10.9 Å². The largest absolute Gasteiger partial charge is 0.364 e. The molecule has 0 N–H and O–H groups in total. The maximum absolute atomic E-state index is 13.1. The minimum absolute atomic E-state index is 0.0302. The van der Waals surface area contributed by atoms with E-state index in [2.05, 4.69) is 4.98 Å². The first-order valence-electron chi connectivity index (χ1n) is 9.16. The van der Waals surface area contributed by atoms with E-state index in [9.17, 15) is 9.59 Å². The summed E-state index contributed by atoms with van der Waals surface area (Å²) in [5.41, 5.74) is 1.82. The van der Waals surface area contributed by atoms with Crippen molar-refractivity contribution in [1.29, 1.82) is 0 Å². The predicted molar refractivity (Wildman–Crippen MR) is 99.1 cm³/mol. The molecule has 0 bridgehead atoms. The molecule has 2 aliphatic rings. The van der Waals surface area contributed by atoms with Gasteiger partial charge in [-0.2, -0.15) is 0 Å². The molecule has 0 saturated carbocycles. The standard InChI is InChI=1S/C20H24N4O3/c1-14-18(22(2)13-21-14)19(26)24-10-9-20(15-7-5-4-6-8-15)16(11-24)27-12-17(25)23(20)3/h4-8,13,16H,9-12H2,1-3H3/t16-,20+/m1/s1. The van der Waals surface area contributed by atoms with E-state index >= 15 is 0 Å². The highest BCUT2D eigenvalue weighted by molar-refractivity contribution is 5.94. The third-order valence-electron chi connectivity index (χ3n) is 5.95. The van der Waals surface area contributed by atoms with Crippen LogP contribution in [0, 0.1) is 6.92 Å². The van der Waals surface area contributed by atoms with Crippen LogP contribution in [0.15, 0.2) is 36.7 Å². The number of aryl methyl sites for hydroxylation is 2. The fourth-order valence-electron chi connectivity index (χ4n) is 4.41. The van der Waals surface area contributed by atoms with Crippen molar-refractivity contribution < 1.29 is 14.3 Å². The van der Waals surface area contributed by atoms with E-state index in [4.69, 9.17) is 4.74 Å². The van der Waals surface area contributed by atoms with E-state index in [-0.39, 0.29) is 24.5 Å². The SMILES string of the molecule is Cc1ncn(C)c1C(=O)N1CC[C@]2(c3ccccc3)[C@@H](C1)OCC(=O)N2C. The van der Waals surface area contributed by atoms with Crippen molar-refractivity contribution in [2.75, 3.05) is 26.7 Å². The van der Waals surface area contributed by atoms with Gasteiger partial charge >= 0.3 is 0 Å². The van der Waals surface area contributed by atoms with Gasteiger partial charge in [-0.1, -0.05) is 30.3 Å². The zero-order chi connectivity index (χ0) is 19.2. The number of amides is 2. The Kier molecular flexibility index (Phi) is 4.26. The first-order valence-corrected chi connectivity index (χ1v) is 9.16. The van der Waals surface area contributed by atoms with Crippen molar-refractivity contribution in [3.05, 3.63) is 53.6 Å². The number of ether oxygens (including phenoxy) is 1. The Morgan fingerprint density at radius 1 is 1.26 bits per heavy atom. The molecule has 1 aromatic carbocycles. The van der Waals surface area contributed by atoms with Crippen LogP contribution < -0.4 is 0 Å². The molecule has 142 valence electrons. The molecule has 2 fully saturated rings. The summed E-state index contributed by atoms with van der Waals surface area (Å²) in [7, 11) is 3.67. The number of aromatic nitrogens is 2. The summed E-state index contributed by atoms with van der Waals surface area (Å²) >= 11 is 0. The fourth-order valence-corrected chi connectivity index (χ4v) is 4.41. The third kappa shape index (κ3) is 2.65. The second kappa shape index (κ2) is 6.49. The zero-order valence-electron chi connectivity index (χ0n) is 15.9. The van der Waals surface area contributed by atoms with Crippen molar-refractivity contribution in [3.8, 4) is 0 Å². The first-order chi connectivity index (χ1) is 12.9. The monoisotopic (exact) mass is 368 g/mol. The number of fused-ring (bicyclic) bond motifs is 1. The summed E-state index contributed by atoms with van der Waals surface area (Å²) < 4.78 is 7.73. The Hall–Kier alpha value is -2.67. The highest BCUT2D eigenvalue weighted by Gasteiger charge is 2.53. The van der Waals surface area contributed by atoms with Crippen LogP contribution in [-0.2, 0) is 22.1 Å². The number of likely N-dealkylation sites (N-methyl/N-ethyl adjacent to an activating group) is 1. The van der Waals surface area contributed by atoms with Gasteiger partial charge < -0.3 is 19.1 Å². The van der Waals surface area contributed by atoms with Gasteiger partial charge in [-0.25, -0.2) is 4.98 Å². The van der Waals surface area contributed by atoms with Crippen molar-refractivity contribution >= 4 is 11.8 Å². The van der Waals surface area contributed by atoms with Crippen LogP contribution in [0.2, 0.25) is 0 Å². The Morgan fingerprint density at radius 2 is 2.00 bits per heavy atom. The molecule has 2 aliphatic heterocycles. The lowest BCUT2D eigenvalue weighted by Gasteiger charge is -2.54. The zero-order valence-corrected chi connectivity index (χ0v) is 15.9. The van der Waals surface area contributed by atoms with Crippen molar-refractivity contribution in [1.82, 2.24) is 19.4 Å². The number of morpholine rings is 1. The summed E-state index contributed by atoms with van der Waals surface area (Å²) in [6.45, 7) is 2.88. The van der Waals surface area contributed by atoms with Crippen LogP contribution >= 0.6 is 0 Å². The van der Waals surface area contributed by atoms with E-state index in [0.29, 0.717) is 25.2 Å². The van der Waals surface area contributed by atoms with Crippen molar-refractivity contribution in [2.45, 2.75) is 25.0 Å². The van der Waals surface area contributed by atoms with Gasteiger partial charge in [0.05, 0.1) is 17.6 Å². The normalized spacial score (nSPS) is 25.4. The molecule has 2 aromatic rings. The summed E-state index contributed by atoms with van der Waals surface area (Å²) in [5.74, 6) is -0.0744. The van der Waals surface area contributed by atoms with Gasteiger partial charge in [0.15, 0.2) is 0 Å². The molecule has 0 unspecified atom stereocenters. The molecule has 3 heterocycles. The van der Waals surface area contributed by atoms with E-state index < -0.39 is 5.54 Å². The van der Waals surface area contributed by atoms with Gasteiger partial charge in [-0.3, -0.25) is 9.59 Å². The van der Waals surface area contributed by atoms with Gasteiger partial charge in [0.25, 0.3) is 5.91 Å². The number of rotatable bonds is 2. The van der Waals surface area contributed by atoms with Gasteiger partial charge in [0, 0.05) is 27.2 Å². The summed E-state index contributed by atoms with van der Waals surface area (Å²) in [4.78, 5) is 33.4. The van der Waals surface area contributed by atoms with Crippen LogP contribution in [0.25, 0.3) is 0 Å². The Morgan fingerprint density at radius 3 is 2.67 bits per heavy atom. The summed E-state index contributed by atoms with van der Waals surface area (Å²) in [6, 6.07) is 9.99. The van der Waals surface area contributed by atoms with E-state index in [1.165, 1.54) is 0 Å². The molecule has 2 saturated heterocycles. The summed E-state index contributed by atoms with van der Waals surface area (Å²) in [5, 5.41) is 0. The maximum Gasteiger partial charge on any atom is 0.272 e.